The van der Waals surface area contributed by atoms with E-state index in [0.29, 0.717) is 25.0 Å². The Bertz CT molecular complexity index is 322. The van der Waals surface area contributed by atoms with Crippen molar-refractivity contribution in [1.82, 2.24) is 9.97 Å². The van der Waals surface area contributed by atoms with Crippen LogP contribution >= 0.6 is 0 Å². The lowest BCUT2D eigenvalue weighted by Gasteiger charge is -2.29. The molecule has 0 radical (unpaired) electrons. The summed E-state index contributed by atoms with van der Waals surface area (Å²) in [5, 5.41) is 0. The fourth-order valence-electron chi connectivity index (χ4n) is 1.45. The number of methoxy groups -OCH3 is 1. The molecule has 90 valence electrons. The highest BCUT2D eigenvalue weighted by Crippen LogP contribution is 2.15. The SMILES string of the molecule is CCC(C)N(CCOC)c1cc(F)ncn1. The standard InChI is InChI=1S/C11H18FN3O/c1-4-9(2)15(5-6-16-3)11-7-10(12)13-8-14-11/h7-9H,4-6H2,1-3H3. The summed E-state index contributed by atoms with van der Waals surface area (Å²) < 4.78 is 18.0. The Morgan fingerprint density at radius 3 is 2.81 bits per heavy atom. The van der Waals surface area contributed by atoms with E-state index in [9.17, 15) is 4.39 Å². The number of ether oxygens (including phenoxy) is 1. The summed E-state index contributed by atoms with van der Waals surface area (Å²) in [6.45, 7) is 5.45. The number of rotatable bonds is 6. The highest BCUT2D eigenvalue weighted by atomic mass is 19.1. The van der Waals surface area contributed by atoms with Crippen LogP contribution in [0.4, 0.5) is 10.2 Å². The van der Waals surface area contributed by atoms with Gasteiger partial charge in [0, 0.05) is 25.8 Å². The molecule has 1 heterocycles. The molecule has 0 spiro atoms. The minimum Gasteiger partial charge on any atom is -0.383 e. The van der Waals surface area contributed by atoms with Gasteiger partial charge in [0.05, 0.1) is 6.61 Å². The third kappa shape index (κ3) is 3.41. The van der Waals surface area contributed by atoms with Gasteiger partial charge >= 0.3 is 0 Å². The van der Waals surface area contributed by atoms with Crippen LogP contribution in [0.3, 0.4) is 0 Å². The van der Waals surface area contributed by atoms with Crippen LogP contribution < -0.4 is 4.90 Å². The number of anilines is 1. The first-order valence-corrected chi connectivity index (χ1v) is 5.42. The van der Waals surface area contributed by atoms with Crippen molar-refractivity contribution in [2.45, 2.75) is 26.3 Å². The number of halogens is 1. The molecule has 0 aromatic carbocycles. The minimum atomic E-state index is -0.504. The summed E-state index contributed by atoms with van der Waals surface area (Å²) in [7, 11) is 1.65. The zero-order valence-corrected chi connectivity index (χ0v) is 9.98. The van der Waals surface area contributed by atoms with Crippen molar-refractivity contribution in [3.8, 4) is 0 Å². The molecule has 1 atom stereocenters. The van der Waals surface area contributed by atoms with Crippen molar-refractivity contribution in [1.29, 1.82) is 0 Å². The van der Waals surface area contributed by atoms with Crippen molar-refractivity contribution in [3.63, 3.8) is 0 Å². The summed E-state index contributed by atoms with van der Waals surface area (Å²) in [5.41, 5.74) is 0. The molecule has 0 N–H and O–H groups in total. The first kappa shape index (κ1) is 12.8. The monoisotopic (exact) mass is 227 g/mol. The molecule has 0 amide bonds. The molecule has 0 aliphatic rings. The van der Waals surface area contributed by atoms with E-state index in [-0.39, 0.29) is 0 Å². The van der Waals surface area contributed by atoms with E-state index >= 15 is 0 Å². The molecule has 16 heavy (non-hydrogen) atoms. The molecule has 1 aromatic heterocycles. The van der Waals surface area contributed by atoms with Gasteiger partial charge in [0.25, 0.3) is 0 Å². The fourth-order valence-corrected chi connectivity index (χ4v) is 1.45. The van der Waals surface area contributed by atoms with Crippen LogP contribution in [0.5, 0.6) is 0 Å². The van der Waals surface area contributed by atoms with Gasteiger partial charge in [0.15, 0.2) is 0 Å². The lowest BCUT2D eigenvalue weighted by atomic mass is 10.2. The normalized spacial score (nSPS) is 12.5. The van der Waals surface area contributed by atoms with Gasteiger partial charge in [0.2, 0.25) is 5.95 Å². The molecule has 0 aliphatic carbocycles. The molecule has 0 bridgehead atoms. The van der Waals surface area contributed by atoms with Crippen molar-refractivity contribution >= 4 is 5.82 Å². The van der Waals surface area contributed by atoms with E-state index in [2.05, 4.69) is 23.8 Å². The second-order valence-corrected chi connectivity index (χ2v) is 3.64. The first-order chi connectivity index (χ1) is 7.69. The quantitative estimate of drug-likeness (QED) is 0.695. The van der Waals surface area contributed by atoms with Crippen LogP contribution in [0.15, 0.2) is 12.4 Å². The fraction of sp³-hybridized carbons (Fsp3) is 0.636. The minimum absolute atomic E-state index is 0.296. The third-order valence-electron chi connectivity index (χ3n) is 2.57. The van der Waals surface area contributed by atoms with Gasteiger partial charge in [-0.15, -0.1) is 0 Å². The van der Waals surface area contributed by atoms with Gasteiger partial charge in [0.1, 0.15) is 12.1 Å². The second kappa shape index (κ2) is 6.37. The highest BCUT2D eigenvalue weighted by molar-refractivity contribution is 5.38. The Balaban J connectivity index is 2.82. The van der Waals surface area contributed by atoms with Gasteiger partial charge in [-0.2, -0.15) is 4.39 Å². The smallest absolute Gasteiger partial charge is 0.218 e. The van der Waals surface area contributed by atoms with Crippen LogP contribution in [-0.4, -0.2) is 36.3 Å². The van der Waals surface area contributed by atoms with Gasteiger partial charge in [-0.05, 0) is 13.3 Å². The van der Waals surface area contributed by atoms with E-state index in [1.807, 2.05) is 4.90 Å². The van der Waals surface area contributed by atoms with Crippen LogP contribution in [0, 0.1) is 5.95 Å². The van der Waals surface area contributed by atoms with E-state index in [1.54, 1.807) is 7.11 Å². The third-order valence-corrected chi connectivity index (χ3v) is 2.57. The van der Waals surface area contributed by atoms with Gasteiger partial charge < -0.3 is 9.64 Å². The maximum Gasteiger partial charge on any atom is 0.218 e. The molecule has 1 unspecified atom stereocenters. The zero-order chi connectivity index (χ0) is 12.0. The van der Waals surface area contributed by atoms with Gasteiger partial charge in [-0.25, -0.2) is 9.97 Å². The number of nitrogens with zero attached hydrogens (tertiary/aromatic N) is 3. The average molecular weight is 227 g/mol. The molecule has 1 rings (SSSR count). The van der Waals surface area contributed by atoms with Gasteiger partial charge in [-0.1, -0.05) is 6.92 Å². The second-order valence-electron chi connectivity index (χ2n) is 3.64. The summed E-state index contributed by atoms with van der Waals surface area (Å²) in [5.74, 6) is 0.106. The van der Waals surface area contributed by atoms with E-state index in [1.165, 1.54) is 12.4 Å². The number of hydrogen-bond donors (Lipinski definition) is 0. The molecule has 5 heteroatoms. The molecular weight excluding hydrogens is 209 g/mol. The first-order valence-electron chi connectivity index (χ1n) is 5.42. The average Bonchev–Trinajstić information content (AvgIpc) is 2.29. The lowest BCUT2D eigenvalue weighted by molar-refractivity contribution is 0.203. The Morgan fingerprint density at radius 1 is 1.50 bits per heavy atom. The predicted octanol–water partition coefficient (Wildman–Crippen LogP) is 1.87. The van der Waals surface area contributed by atoms with E-state index in [0.717, 1.165) is 6.42 Å². The van der Waals surface area contributed by atoms with Crippen molar-refractivity contribution < 1.29 is 9.13 Å². The molecule has 0 fully saturated rings. The maximum absolute atomic E-state index is 13.0. The van der Waals surface area contributed by atoms with Crippen molar-refractivity contribution in [2.24, 2.45) is 0 Å². The summed E-state index contributed by atoms with van der Waals surface area (Å²) in [4.78, 5) is 9.56. The summed E-state index contributed by atoms with van der Waals surface area (Å²) in [6, 6.07) is 1.64. The number of aromatic nitrogens is 2. The Labute approximate surface area is 95.5 Å². The van der Waals surface area contributed by atoms with Crippen LogP contribution in [0.25, 0.3) is 0 Å². The molecule has 1 aromatic rings. The van der Waals surface area contributed by atoms with Crippen LogP contribution in [0.2, 0.25) is 0 Å². The van der Waals surface area contributed by atoms with Crippen LogP contribution in [-0.2, 0) is 4.74 Å². The van der Waals surface area contributed by atoms with Crippen molar-refractivity contribution in [2.75, 3.05) is 25.2 Å². The molecule has 4 nitrogen and oxygen atoms in total. The van der Waals surface area contributed by atoms with Gasteiger partial charge in [-0.3, -0.25) is 0 Å². The molecule has 0 aliphatic heterocycles. The zero-order valence-electron chi connectivity index (χ0n) is 9.98. The highest BCUT2D eigenvalue weighted by Gasteiger charge is 2.14. The van der Waals surface area contributed by atoms with E-state index in [4.69, 9.17) is 4.74 Å². The largest absolute Gasteiger partial charge is 0.383 e. The van der Waals surface area contributed by atoms with Crippen LogP contribution in [0.1, 0.15) is 20.3 Å². The topological polar surface area (TPSA) is 38.2 Å². The summed E-state index contributed by atoms with van der Waals surface area (Å²) >= 11 is 0. The predicted molar refractivity (Wildman–Crippen MR) is 61.0 cm³/mol. The Hall–Kier alpha value is -1.23. The Morgan fingerprint density at radius 2 is 2.25 bits per heavy atom. The van der Waals surface area contributed by atoms with E-state index < -0.39 is 5.95 Å². The molecule has 0 saturated heterocycles. The Kier molecular flexibility index (Phi) is 5.11. The summed E-state index contributed by atoms with van der Waals surface area (Å²) in [6.07, 6.45) is 2.21. The van der Waals surface area contributed by atoms with Crippen molar-refractivity contribution in [3.05, 3.63) is 18.3 Å². The number of hydrogen-bond acceptors (Lipinski definition) is 4. The maximum atomic E-state index is 13.0. The lowest BCUT2D eigenvalue weighted by Crippen LogP contribution is -2.36. The molecule has 0 saturated carbocycles. The molecular formula is C11H18FN3O.